The van der Waals surface area contributed by atoms with Crippen molar-refractivity contribution < 1.29 is 14.3 Å². The summed E-state index contributed by atoms with van der Waals surface area (Å²) >= 11 is 11.6. The molecular formula is C17H15Cl2NO3. The normalized spacial score (nSPS) is 10.3. The van der Waals surface area contributed by atoms with E-state index in [0.29, 0.717) is 5.02 Å². The van der Waals surface area contributed by atoms with Gasteiger partial charge in [-0.2, -0.15) is 0 Å². The standard InChI is InChI=1S/C17H15Cl2NO3/c1-11-4-3-5-13(8-11)20(2)16(21)10-23-17(22)12-6-7-14(18)15(19)9-12/h3-9H,10H2,1-2H3. The number of halogens is 2. The quantitative estimate of drug-likeness (QED) is 0.778. The molecule has 0 radical (unpaired) electrons. The molecule has 0 aliphatic heterocycles. The number of rotatable bonds is 4. The number of esters is 1. The summed E-state index contributed by atoms with van der Waals surface area (Å²) in [5.74, 6) is -0.960. The van der Waals surface area contributed by atoms with Crippen molar-refractivity contribution in [3.63, 3.8) is 0 Å². The van der Waals surface area contributed by atoms with E-state index in [1.54, 1.807) is 7.05 Å². The van der Waals surface area contributed by atoms with Crippen LogP contribution < -0.4 is 4.90 Å². The van der Waals surface area contributed by atoms with Gasteiger partial charge in [0, 0.05) is 12.7 Å². The molecule has 1 amide bonds. The largest absolute Gasteiger partial charge is 0.452 e. The van der Waals surface area contributed by atoms with Crippen LogP contribution in [0.1, 0.15) is 15.9 Å². The van der Waals surface area contributed by atoms with E-state index in [4.69, 9.17) is 27.9 Å². The molecule has 0 spiro atoms. The van der Waals surface area contributed by atoms with Gasteiger partial charge in [-0.1, -0.05) is 35.3 Å². The highest BCUT2D eigenvalue weighted by atomic mass is 35.5. The summed E-state index contributed by atoms with van der Waals surface area (Å²) in [6.07, 6.45) is 0. The van der Waals surface area contributed by atoms with Gasteiger partial charge in [0.25, 0.3) is 5.91 Å². The molecular weight excluding hydrogens is 337 g/mol. The lowest BCUT2D eigenvalue weighted by Crippen LogP contribution is -2.31. The summed E-state index contributed by atoms with van der Waals surface area (Å²) in [4.78, 5) is 25.5. The third-order valence-electron chi connectivity index (χ3n) is 3.25. The first kappa shape index (κ1) is 17.3. The minimum absolute atomic E-state index is 0.241. The fraction of sp³-hybridized carbons (Fsp3) is 0.176. The Labute approximate surface area is 144 Å². The van der Waals surface area contributed by atoms with Gasteiger partial charge in [-0.05, 0) is 42.8 Å². The molecule has 0 saturated carbocycles. The van der Waals surface area contributed by atoms with E-state index in [0.717, 1.165) is 11.3 Å². The molecule has 0 saturated heterocycles. The predicted octanol–water partition coefficient (Wildman–Crippen LogP) is 4.12. The van der Waals surface area contributed by atoms with Gasteiger partial charge in [-0.15, -0.1) is 0 Å². The molecule has 120 valence electrons. The minimum Gasteiger partial charge on any atom is -0.452 e. The number of hydrogen-bond acceptors (Lipinski definition) is 3. The molecule has 0 atom stereocenters. The van der Waals surface area contributed by atoms with Crippen LogP contribution in [0.15, 0.2) is 42.5 Å². The summed E-state index contributed by atoms with van der Waals surface area (Å²) in [6.45, 7) is 1.58. The van der Waals surface area contributed by atoms with E-state index in [-0.39, 0.29) is 23.1 Å². The predicted molar refractivity (Wildman–Crippen MR) is 91.3 cm³/mol. The van der Waals surface area contributed by atoms with Crippen LogP contribution in [-0.4, -0.2) is 25.5 Å². The van der Waals surface area contributed by atoms with Gasteiger partial charge in [0.05, 0.1) is 15.6 Å². The van der Waals surface area contributed by atoms with Gasteiger partial charge >= 0.3 is 5.97 Å². The van der Waals surface area contributed by atoms with Gasteiger partial charge < -0.3 is 9.64 Å². The highest BCUT2D eigenvalue weighted by Gasteiger charge is 2.15. The third kappa shape index (κ3) is 4.47. The number of anilines is 1. The topological polar surface area (TPSA) is 46.6 Å². The fourth-order valence-electron chi connectivity index (χ4n) is 1.91. The second kappa shape index (κ2) is 7.49. The number of hydrogen-bond donors (Lipinski definition) is 0. The van der Waals surface area contributed by atoms with E-state index in [1.165, 1.54) is 23.1 Å². The van der Waals surface area contributed by atoms with Crippen LogP contribution in [0, 0.1) is 6.92 Å². The lowest BCUT2D eigenvalue weighted by molar-refractivity contribution is -0.121. The summed E-state index contributed by atoms with van der Waals surface area (Å²) in [5.41, 5.74) is 2.01. The number of aryl methyl sites for hydroxylation is 1. The molecule has 4 nitrogen and oxygen atoms in total. The number of likely N-dealkylation sites (N-methyl/N-ethyl adjacent to an activating group) is 1. The van der Waals surface area contributed by atoms with Crippen molar-refractivity contribution in [3.05, 3.63) is 63.6 Å². The van der Waals surface area contributed by atoms with Gasteiger partial charge in [0.2, 0.25) is 0 Å². The minimum atomic E-state index is -0.630. The van der Waals surface area contributed by atoms with Crippen LogP contribution in [-0.2, 0) is 9.53 Å². The number of benzene rings is 2. The highest BCUT2D eigenvalue weighted by molar-refractivity contribution is 6.42. The van der Waals surface area contributed by atoms with E-state index in [9.17, 15) is 9.59 Å². The molecule has 23 heavy (non-hydrogen) atoms. The first-order valence-electron chi connectivity index (χ1n) is 6.84. The summed E-state index contributed by atoms with van der Waals surface area (Å²) in [7, 11) is 1.63. The average molecular weight is 352 g/mol. The maximum absolute atomic E-state index is 12.1. The smallest absolute Gasteiger partial charge is 0.338 e. The van der Waals surface area contributed by atoms with Crippen molar-refractivity contribution in [2.45, 2.75) is 6.92 Å². The monoisotopic (exact) mass is 351 g/mol. The Morgan fingerprint density at radius 3 is 2.48 bits per heavy atom. The van der Waals surface area contributed by atoms with Crippen molar-refractivity contribution >= 4 is 40.8 Å². The number of carbonyl (C=O) groups is 2. The van der Waals surface area contributed by atoms with Crippen molar-refractivity contribution in [3.8, 4) is 0 Å². The van der Waals surface area contributed by atoms with Crippen LogP contribution in [0.2, 0.25) is 10.0 Å². The van der Waals surface area contributed by atoms with Crippen molar-refractivity contribution in [1.82, 2.24) is 0 Å². The molecule has 0 aliphatic carbocycles. The zero-order valence-corrected chi connectivity index (χ0v) is 14.2. The Hall–Kier alpha value is -2.04. The molecule has 0 aromatic heterocycles. The fourth-order valence-corrected chi connectivity index (χ4v) is 2.21. The van der Waals surface area contributed by atoms with E-state index in [2.05, 4.69) is 0 Å². The SMILES string of the molecule is Cc1cccc(N(C)C(=O)COC(=O)c2ccc(Cl)c(Cl)c2)c1. The van der Waals surface area contributed by atoms with Crippen molar-refractivity contribution in [2.75, 3.05) is 18.6 Å². The molecule has 0 unspecified atom stereocenters. The van der Waals surface area contributed by atoms with Crippen molar-refractivity contribution in [2.24, 2.45) is 0 Å². The number of amides is 1. The van der Waals surface area contributed by atoms with Gasteiger partial charge in [-0.25, -0.2) is 4.79 Å². The van der Waals surface area contributed by atoms with E-state index >= 15 is 0 Å². The Morgan fingerprint density at radius 2 is 1.83 bits per heavy atom. The highest BCUT2D eigenvalue weighted by Crippen LogP contribution is 2.23. The lowest BCUT2D eigenvalue weighted by atomic mass is 10.2. The third-order valence-corrected chi connectivity index (χ3v) is 3.98. The van der Waals surface area contributed by atoms with Crippen LogP contribution in [0.25, 0.3) is 0 Å². The molecule has 0 fully saturated rings. The lowest BCUT2D eigenvalue weighted by Gasteiger charge is -2.17. The van der Waals surface area contributed by atoms with Gasteiger partial charge in [0.15, 0.2) is 6.61 Å². The Bertz CT molecular complexity index is 746. The Kier molecular flexibility index (Phi) is 5.64. The summed E-state index contributed by atoms with van der Waals surface area (Å²) < 4.78 is 5.03. The molecule has 0 heterocycles. The summed E-state index contributed by atoms with van der Waals surface area (Å²) in [5, 5.41) is 0.600. The Balaban J connectivity index is 1.98. The van der Waals surface area contributed by atoms with Crippen LogP contribution >= 0.6 is 23.2 Å². The van der Waals surface area contributed by atoms with Gasteiger partial charge in [-0.3, -0.25) is 4.79 Å². The van der Waals surface area contributed by atoms with Crippen LogP contribution in [0.3, 0.4) is 0 Å². The van der Waals surface area contributed by atoms with Crippen LogP contribution in [0.4, 0.5) is 5.69 Å². The zero-order chi connectivity index (χ0) is 17.0. The number of carbonyl (C=O) groups excluding carboxylic acids is 2. The first-order valence-corrected chi connectivity index (χ1v) is 7.59. The van der Waals surface area contributed by atoms with E-state index < -0.39 is 5.97 Å². The molecule has 0 aliphatic rings. The molecule has 2 aromatic rings. The molecule has 2 aromatic carbocycles. The van der Waals surface area contributed by atoms with Gasteiger partial charge in [0.1, 0.15) is 0 Å². The second-order valence-corrected chi connectivity index (χ2v) is 5.81. The maximum Gasteiger partial charge on any atom is 0.338 e. The first-order chi connectivity index (χ1) is 10.9. The Morgan fingerprint density at radius 1 is 1.09 bits per heavy atom. The van der Waals surface area contributed by atoms with Crippen molar-refractivity contribution in [1.29, 1.82) is 0 Å². The zero-order valence-electron chi connectivity index (χ0n) is 12.7. The maximum atomic E-state index is 12.1. The summed E-state index contributed by atoms with van der Waals surface area (Å²) in [6, 6.07) is 11.9. The number of ether oxygens (including phenoxy) is 1. The van der Waals surface area contributed by atoms with E-state index in [1.807, 2.05) is 31.2 Å². The molecule has 6 heteroatoms. The molecule has 0 bridgehead atoms. The van der Waals surface area contributed by atoms with Crippen LogP contribution in [0.5, 0.6) is 0 Å². The molecule has 2 rings (SSSR count). The molecule has 0 N–H and O–H groups in total. The second-order valence-electron chi connectivity index (χ2n) is 5.00. The average Bonchev–Trinajstić information content (AvgIpc) is 2.54. The number of nitrogens with zero attached hydrogens (tertiary/aromatic N) is 1.